The summed E-state index contributed by atoms with van der Waals surface area (Å²) in [5.41, 5.74) is 5.60. The van der Waals surface area contributed by atoms with Gasteiger partial charge in [0, 0.05) is 43.5 Å². The molecule has 184 valence electrons. The lowest BCUT2D eigenvalue weighted by Crippen LogP contribution is -2.49. The molecule has 2 aromatic heterocycles. The van der Waals surface area contributed by atoms with E-state index in [0.717, 1.165) is 12.1 Å². The van der Waals surface area contributed by atoms with Crippen LogP contribution in [0.25, 0.3) is 11.3 Å². The van der Waals surface area contributed by atoms with Gasteiger partial charge in [0.1, 0.15) is 15.9 Å². The molecule has 2 N–H and O–H groups in total. The second-order valence-corrected chi connectivity index (χ2v) is 10.0. The third-order valence-corrected chi connectivity index (χ3v) is 7.59. The highest BCUT2D eigenvalue weighted by atomic mass is 35.5. The molecule has 1 aliphatic rings. The lowest BCUT2D eigenvalue weighted by molar-refractivity contribution is -0.137. The summed E-state index contributed by atoms with van der Waals surface area (Å²) in [5.74, 6) is -0.602. The highest BCUT2D eigenvalue weighted by Crippen LogP contribution is 2.33. The summed E-state index contributed by atoms with van der Waals surface area (Å²) in [6, 6.07) is 11.1. The molecule has 0 saturated carbocycles. The Morgan fingerprint density at radius 2 is 1.71 bits per heavy atom. The minimum Gasteiger partial charge on any atom is -0.366 e. The number of anilines is 1. The van der Waals surface area contributed by atoms with Gasteiger partial charge in [0.15, 0.2) is 0 Å². The molecule has 1 saturated heterocycles. The summed E-state index contributed by atoms with van der Waals surface area (Å²) < 4.78 is 66.7. The molecule has 0 radical (unpaired) electrons. The molecule has 0 bridgehead atoms. The highest BCUT2D eigenvalue weighted by molar-refractivity contribution is 7.89. The summed E-state index contributed by atoms with van der Waals surface area (Å²) in [5, 5.41) is -0.297. The highest BCUT2D eigenvalue weighted by Gasteiger charge is 2.34. The second-order valence-electron chi connectivity index (χ2n) is 7.71. The summed E-state index contributed by atoms with van der Waals surface area (Å²) in [7, 11) is -3.91. The number of hydrogen-bond donors (Lipinski definition) is 1. The van der Waals surface area contributed by atoms with Gasteiger partial charge in [0.25, 0.3) is 0 Å². The normalized spacial score (nSPS) is 15.3. The van der Waals surface area contributed by atoms with E-state index in [2.05, 4.69) is 9.97 Å². The smallest absolute Gasteiger partial charge is 0.366 e. The molecule has 1 aliphatic heterocycles. The molecule has 0 atom stereocenters. The van der Waals surface area contributed by atoms with Crippen LogP contribution in [0.2, 0.25) is 5.15 Å². The Morgan fingerprint density at radius 3 is 2.31 bits per heavy atom. The Morgan fingerprint density at radius 1 is 1.03 bits per heavy atom. The van der Waals surface area contributed by atoms with Crippen molar-refractivity contribution in [2.24, 2.45) is 5.73 Å². The first kappa shape index (κ1) is 24.9. The number of primary amides is 1. The average Bonchev–Trinajstić information content (AvgIpc) is 2.83. The van der Waals surface area contributed by atoms with Crippen molar-refractivity contribution in [3.05, 3.63) is 71.0 Å². The lowest BCUT2D eigenvalue weighted by Gasteiger charge is -2.34. The largest absolute Gasteiger partial charge is 0.416 e. The molecule has 1 fully saturated rings. The number of halogens is 4. The van der Waals surface area contributed by atoms with E-state index < -0.39 is 27.7 Å². The fraction of sp³-hybridized carbons (Fsp3) is 0.227. The quantitative estimate of drug-likeness (QED) is 0.511. The average molecular weight is 526 g/mol. The number of hydrogen-bond acceptors (Lipinski definition) is 6. The van der Waals surface area contributed by atoms with E-state index >= 15 is 0 Å². The predicted molar refractivity (Wildman–Crippen MR) is 123 cm³/mol. The standard InChI is InChI=1S/C22H19ClF3N5O3S/c23-19-11-14(22(24,25)26)12-20(29-19)30-7-9-31(10-8-30)35(33,34)15-5-6-18(28-13-15)16-3-1-2-4-17(16)21(27)32/h1-6,11-13H,7-10H2,(H2,27,32). The first-order valence-electron chi connectivity index (χ1n) is 10.3. The minimum absolute atomic E-state index is 0.0287. The van der Waals surface area contributed by atoms with Gasteiger partial charge in [-0.2, -0.15) is 17.5 Å². The van der Waals surface area contributed by atoms with E-state index in [1.807, 2.05) is 0 Å². The summed E-state index contributed by atoms with van der Waals surface area (Å²) in [6.07, 6.45) is -3.38. The number of sulfonamides is 1. The van der Waals surface area contributed by atoms with E-state index in [1.54, 1.807) is 29.2 Å². The van der Waals surface area contributed by atoms with Crippen LogP contribution in [0.5, 0.6) is 0 Å². The van der Waals surface area contributed by atoms with Crippen LogP contribution in [0.1, 0.15) is 15.9 Å². The number of carbonyl (C=O) groups is 1. The number of nitrogens with zero attached hydrogens (tertiary/aromatic N) is 4. The van der Waals surface area contributed by atoms with Crippen molar-refractivity contribution in [1.82, 2.24) is 14.3 Å². The molecule has 0 aliphatic carbocycles. The van der Waals surface area contributed by atoms with Gasteiger partial charge < -0.3 is 10.6 Å². The van der Waals surface area contributed by atoms with E-state index in [-0.39, 0.29) is 47.6 Å². The van der Waals surface area contributed by atoms with Gasteiger partial charge >= 0.3 is 6.18 Å². The van der Waals surface area contributed by atoms with E-state index in [4.69, 9.17) is 17.3 Å². The molecule has 4 rings (SSSR count). The lowest BCUT2D eigenvalue weighted by atomic mass is 10.0. The van der Waals surface area contributed by atoms with Crippen molar-refractivity contribution in [3.63, 3.8) is 0 Å². The number of aromatic nitrogens is 2. The van der Waals surface area contributed by atoms with E-state index in [0.29, 0.717) is 11.3 Å². The molecular weight excluding hydrogens is 507 g/mol. The third-order valence-electron chi connectivity index (χ3n) is 5.51. The maximum Gasteiger partial charge on any atom is 0.416 e. The zero-order chi connectivity index (χ0) is 25.4. The molecular formula is C22H19ClF3N5O3S. The van der Waals surface area contributed by atoms with Gasteiger partial charge in [0.05, 0.1) is 11.3 Å². The number of benzene rings is 1. The van der Waals surface area contributed by atoms with Crippen LogP contribution in [0, 0.1) is 0 Å². The Balaban J connectivity index is 1.50. The molecule has 13 heteroatoms. The first-order valence-corrected chi connectivity index (χ1v) is 12.1. The number of amides is 1. The fourth-order valence-electron chi connectivity index (χ4n) is 3.73. The van der Waals surface area contributed by atoms with Crippen LogP contribution in [0.4, 0.5) is 19.0 Å². The third kappa shape index (κ3) is 5.24. The number of piperazine rings is 1. The molecule has 3 aromatic rings. The number of alkyl halides is 3. The molecule has 35 heavy (non-hydrogen) atoms. The topological polar surface area (TPSA) is 109 Å². The van der Waals surface area contributed by atoms with Crippen molar-refractivity contribution in [3.8, 4) is 11.3 Å². The fourth-order valence-corrected chi connectivity index (χ4v) is 5.30. The number of carbonyl (C=O) groups excluding carboxylic acids is 1. The molecule has 0 spiro atoms. The van der Waals surface area contributed by atoms with E-state index in [1.165, 1.54) is 22.6 Å². The van der Waals surface area contributed by atoms with Gasteiger partial charge in [-0.05, 0) is 30.3 Å². The van der Waals surface area contributed by atoms with Gasteiger partial charge in [0.2, 0.25) is 15.9 Å². The second kappa shape index (κ2) is 9.44. The Bertz CT molecular complexity index is 1360. The SMILES string of the molecule is NC(=O)c1ccccc1-c1ccc(S(=O)(=O)N2CCN(c3cc(C(F)(F)F)cc(Cl)n3)CC2)cn1. The number of nitrogens with two attached hydrogens (primary N) is 1. The van der Waals surface area contributed by atoms with Crippen LogP contribution in [0.15, 0.2) is 59.6 Å². The summed E-state index contributed by atoms with van der Waals surface area (Å²) >= 11 is 5.76. The van der Waals surface area contributed by atoms with Crippen molar-refractivity contribution in [2.45, 2.75) is 11.1 Å². The first-order chi connectivity index (χ1) is 16.5. The van der Waals surface area contributed by atoms with Gasteiger partial charge in [-0.1, -0.05) is 29.8 Å². The Hall–Kier alpha value is -3.22. The monoisotopic (exact) mass is 525 g/mol. The zero-order valence-corrected chi connectivity index (χ0v) is 19.6. The number of rotatable bonds is 5. The van der Waals surface area contributed by atoms with Gasteiger partial charge in [-0.15, -0.1) is 0 Å². The Kier molecular flexibility index (Phi) is 6.71. The van der Waals surface area contributed by atoms with Crippen LogP contribution in [-0.4, -0.2) is 54.8 Å². The van der Waals surface area contributed by atoms with Crippen LogP contribution in [-0.2, 0) is 16.2 Å². The van der Waals surface area contributed by atoms with Crippen LogP contribution in [0.3, 0.4) is 0 Å². The molecule has 0 unspecified atom stereocenters. The van der Waals surface area contributed by atoms with Crippen molar-refractivity contribution >= 4 is 33.3 Å². The van der Waals surface area contributed by atoms with Crippen molar-refractivity contribution in [1.29, 1.82) is 0 Å². The van der Waals surface area contributed by atoms with Crippen molar-refractivity contribution in [2.75, 3.05) is 31.1 Å². The maximum atomic E-state index is 13.1. The zero-order valence-electron chi connectivity index (χ0n) is 18.0. The number of pyridine rings is 2. The van der Waals surface area contributed by atoms with Crippen LogP contribution >= 0.6 is 11.6 Å². The van der Waals surface area contributed by atoms with Gasteiger partial charge in [-0.25, -0.2) is 13.4 Å². The van der Waals surface area contributed by atoms with E-state index in [9.17, 15) is 26.4 Å². The predicted octanol–water partition coefficient (Wildman–Crippen LogP) is 3.43. The minimum atomic E-state index is -4.58. The van der Waals surface area contributed by atoms with Crippen LogP contribution < -0.4 is 10.6 Å². The summed E-state index contributed by atoms with van der Waals surface area (Å²) in [4.78, 5) is 21.3. The summed E-state index contributed by atoms with van der Waals surface area (Å²) in [6.45, 7) is 0.316. The Labute approximate surface area is 204 Å². The van der Waals surface area contributed by atoms with Crippen molar-refractivity contribution < 1.29 is 26.4 Å². The van der Waals surface area contributed by atoms with Gasteiger partial charge in [-0.3, -0.25) is 9.78 Å². The molecule has 1 aromatic carbocycles. The maximum absolute atomic E-state index is 13.1. The molecule has 1 amide bonds. The molecule has 3 heterocycles. The molecule has 8 nitrogen and oxygen atoms in total.